The Hall–Kier alpha value is -3.82. The number of nitrogens with zero attached hydrogens (tertiary/aromatic N) is 2. The number of esters is 1. The molecule has 0 radical (unpaired) electrons. The van der Waals surface area contributed by atoms with Gasteiger partial charge in [0.05, 0.1) is 17.1 Å². The molecule has 0 saturated heterocycles. The van der Waals surface area contributed by atoms with Crippen LogP contribution in [0.3, 0.4) is 0 Å². The summed E-state index contributed by atoms with van der Waals surface area (Å²) in [4.78, 5) is 32.1. The van der Waals surface area contributed by atoms with E-state index in [-0.39, 0.29) is 35.7 Å². The number of hydrogen-bond donors (Lipinski definition) is 1. The van der Waals surface area contributed by atoms with E-state index < -0.39 is 16.0 Å². The first kappa shape index (κ1) is 25.3. The van der Waals surface area contributed by atoms with Gasteiger partial charge in [-0.05, 0) is 73.9 Å². The van der Waals surface area contributed by atoms with Gasteiger partial charge in [0.1, 0.15) is 0 Å². The van der Waals surface area contributed by atoms with E-state index in [2.05, 4.69) is 9.97 Å². The summed E-state index contributed by atoms with van der Waals surface area (Å²) in [6.07, 6.45) is 3.18. The Bertz CT molecular complexity index is 1580. The largest absolute Gasteiger partial charge is 0.462 e. The van der Waals surface area contributed by atoms with Gasteiger partial charge in [-0.2, -0.15) is 4.31 Å². The zero-order valence-electron chi connectivity index (χ0n) is 20.3. The third-order valence-corrected chi connectivity index (χ3v) is 7.59. The van der Waals surface area contributed by atoms with Gasteiger partial charge < -0.3 is 9.72 Å². The van der Waals surface area contributed by atoms with E-state index in [1.165, 1.54) is 28.6 Å². The molecule has 9 heteroatoms. The number of nitrogens with one attached hydrogen (secondary N) is 1. The number of aryl methyl sites for hydroxylation is 2. The number of pyridine rings is 2. The summed E-state index contributed by atoms with van der Waals surface area (Å²) in [5, 5.41) is 0.846. The van der Waals surface area contributed by atoms with E-state index in [1.807, 2.05) is 26.0 Å². The summed E-state index contributed by atoms with van der Waals surface area (Å²) in [7, 11) is -4.11. The SMILES string of the molecule is CCOC(=O)c1cccc(S(=O)(=O)N(Cc2cccnc2)Cc2cc3c(C)cc(C)cc3[nH]c2=O)c1. The molecule has 1 N–H and O–H groups in total. The Morgan fingerprint density at radius 1 is 1.06 bits per heavy atom. The van der Waals surface area contributed by atoms with Gasteiger partial charge in [0.15, 0.2) is 0 Å². The Balaban J connectivity index is 1.79. The van der Waals surface area contributed by atoms with Crippen molar-refractivity contribution >= 4 is 26.9 Å². The van der Waals surface area contributed by atoms with Crippen molar-refractivity contribution in [1.82, 2.24) is 14.3 Å². The van der Waals surface area contributed by atoms with E-state index >= 15 is 0 Å². The van der Waals surface area contributed by atoms with Gasteiger partial charge >= 0.3 is 5.97 Å². The Morgan fingerprint density at radius 3 is 2.58 bits per heavy atom. The van der Waals surface area contributed by atoms with Crippen LogP contribution in [-0.2, 0) is 27.8 Å². The molecular formula is C27H27N3O5S. The lowest BCUT2D eigenvalue weighted by Gasteiger charge is -2.22. The highest BCUT2D eigenvalue weighted by Crippen LogP contribution is 2.24. The molecule has 2 heterocycles. The van der Waals surface area contributed by atoms with E-state index in [1.54, 1.807) is 37.5 Å². The molecule has 0 atom stereocenters. The number of carbonyl (C=O) groups is 1. The number of aromatic nitrogens is 2. The zero-order chi connectivity index (χ0) is 25.9. The third-order valence-electron chi connectivity index (χ3n) is 5.80. The predicted molar refractivity (Wildman–Crippen MR) is 137 cm³/mol. The highest BCUT2D eigenvalue weighted by atomic mass is 32.2. The van der Waals surface area contributed by atoms with Gasteiger partial charge in [-0.15, -0.1) is 0 Å². The number of sulfonamides is 1. The van der Waals surface area contributed by atoms with Crippen LogP contribution in [0.15, 0.2) is 76.7 Å². The minimum Gasteiger partial charge on any atom is -0.462 e. The first-order valence-corrected chi connectivity index (χ1v) is 12.9. The fourth-order valence-corrected chi connectivity index (χ4v) is 5.54. The second-order valence-electron chi connectivity index (χ2n) is 8.55. The van der Waals surface area contributed by atoms with Crippen LogP contribution >= 0.6 is 0 Å². The van der Waals surface area contributed by atoms with Crippen molar-refractivity contribution in [3.8, 4) is 0 Å². The Morgan fingerprint density at radius 2 is 1.86 bits per heavy atom. The summed E-state index contributed by atoms with van der Waals surface area (Å²) in [5.41, 5.74) is 3.44. The fourth-order valence-electron chi connectivity index (χ4n) is 4.09. The summed E-state index contributed by atoms with van der Waals surface area (Å²) >= 11 is 0. The molecule has 4 aromatic rings. The van der Waals surface area contributed by atoms with Crippen LogP contribution in [0, 0.1) is 13.8 Å². The fraction of sp³-hybridized carbons (Fsp3) is 0.222. The minimum absolute atomic E-state index is 0.00976. The van der Waals surface area contributed by atoms with E-state index in [0.29, 0.717) is 16.6 Å². The van der Waals surface area contributed by atoms with Crippen molar-refractivity contribution in [1.29, 1.82) is 0 Å². The minimum atomic E-state index is -4.11. The number of benzene rings is 2. The maximum absolute atomic E-state index is 13.8. The molecule has 36 heavy (non-hydrogen) atoms. The highest BCUT2D eigenvalue weighted by molar-refractivity contribution is 7.89. The average molecular weight is 506 g/mol. The molecule has 2 aromatic heterocycles. The van der Waals surface area contributed by atoms with Crippen LogP contribution in [0.5, 0.6) is 0 Å². The molecule has 4 rings (SSSR count). The summed E-state index contributed by atoms with van der Waals surface area (Å²) in [5.74, 6) is -0.606. The smallest absolute Gasteiger partial charge is 0.338 e. The number of aromatic amines is 1. The standard InChI is InChI=1S/C27H27N3O5S/c1-4-35-27(32)21-8-5-9-23(13-21)36(33,34)30(16-20-7-6-10-28-15-20)17-22-14-24-19(3)11-18(2)12-25(24)29-26(22)31/h5-15H,4,16-17H2,1-3H3,(H,29,31). The first-order valence-electron chi connectivity index (χ1n) is 11.5. The Labute approximate surface area is 209 Å². The number of H-pyrrole nitrogens is 1. The number of hydrogen-bond acceptors (Lipinski definition) is 6. The lowest BCUT2D eigenvalue weighted by atomic mass is 10.0. The maximum Gasteiger partial charge on any atom is 0.338 e. The maximum atomic E-state index is 13.8. The Kier molecular flexibility index (Phi) is 7.32. The van der Waals surface area contributed by atoms with Gasteiger partial charge in [0.25, 0.3) is 5.56 Å². The summed E-state index contributed by atoms with van der Waals surface area (Å²) in [6, 6.07) is 14.8. The number of ether oxygens (including phenoxy) is 1. The number of rotatable bonds is 8. The lowest BCUT2D eigenvalue weighted by Crippen LogP contribution is -2.32. The van der Waals surface area contributed by atoms with Gasteiger partial charge in [0, 0.05) is 41.9 Å². The van der Waals surface area contributed by atoms with Crippen LogP contribution in [0.25, 0.3) is 10.9 Å². The zero-order valence-corrected chi connectivity index (χ0v) is 21.1. The molecule has 0 amide bonds. The van der Waals surface area contributed by atoms with Crippen molar-refractivity contribution in [2.45, 2.75) is 38.8 Å². The molecule has 0 aliphatic rings. The van der Waals surface area contributed by atoms with Crippen LogP contribution in [0.2, 0.25) is 0 Å². The van der Waals surface area contributed by atoms with Gasteiger partial charge in [-0.25, -0.2) is 13.2 Å². The molecule has 0 aliphatic heterocycles. The van der Waals surface area contributed by atoms with Crippen molar-refractivity contribution in [3.05, 3.63) is 105 Å². The second-order valence-corrected chi connectivity index (χ2v) is 10.5. The molecule has 0 saturated carbocycles. The second kappa shape index (κ2) is 10.4. The molecule has 0 aliphatic carbocycles. The molecule has 2 aromatic carbocycles. The van der Waals surface area contributed by atoms with Crippen LogP contribution in [0.1, 0.15) is 39.5 Å². The number of carbonyl (C=O) groups excluding carboxylic acids is 1. The van der Waals surface area contributed by atoms with Gasteiger partial charge in [-0.1, -0.05) is 18.2 Å². The summed E-state index contributed by atoms with van der Waals surface area (Å²) < 4.78 is 33.8. The van der Waals surface area contributed by atoms with Crippen LogP contribution in [-0.4, -0.2) is 35.3 Å². The van der Waals surface area contributed by atoms with Gasteiger partial charge in [-0.3, -0.25) is 9.78 Å². The van der Waals surface area contributed by atoms with Crippen LogP contribution < -0.4 is 5.56 Å². The van der Waals surface area contributed by atoms with Crippen molar-refractivity contribution in [2.75, 3.05) is 6.61 Å². The molecule has 0 bridgehead atoms. The average Bonchev–Trinajstić information content (AvgIpc) is 2.85. The van der Waals surface area contributed by atoms with Crippen LogP contribution in [0.4, 0.5) is 0 Å². The van der Waals surface area contributed by atoms with Crippen molar-refractivity contribution in [3.63, 3.8) is 0 Å². The van der Waals surface area contributed by atoms with Crippen molar-refractivity contribution < 1.29 is 17.9 Å². The summed E-state index contributed by atoms with van der Waals surface area (Å²) in [6.45, 7) is 5.57. The molecule has 8 nitrogen and oxygen atoms in total. The molecular weight excluding hydrogens is 478 g/mol. The normalized spacial score (nSPS) is 11.7. The van der Waals surface area contributed by atoms with E-state index in [0.717, 1.165) is 16.5 Å². The molecule has 186 valence electrons. The highest BCUT2D eigenvalue weighted by Gasteiger charge is 2.27. The molecule has 0 spiro atoms. The number of fused-ring (bicyclic) bond motifs is 1. The first-order chi connectivity index (χ1) is 17.2. The third kappa shape index (κ3) is 5.37. The molecule has 0 unspecified atom stereocenters. The van der Waals surface area contributed by atoms with E-state index in [4.69, 9.17) is 4.74 Å². The predicted octanol–water partition coefficient (Wildman–Crippen LogP) is 4.11. The lowest BCUT2D eigenvalue weighted by molar-refractivity contribution is 0.0526. The topological polar surface area (TPSA) is 109 Å². The quantitative estimate of drug-likeness (QED) is 0.361. The van der Waals surface area contributed by atoms with E-state index in [9.17, 15) is 18.0 Å². The molecule has 0 fully saturated rings. The van der Waals surface area contributed by atoms with Gasteiger partial charge in [0.2, 0.25) is 10.0 Å². The monoisotopic (exact) mass is 505 g/mol. The van der Waals surface area contributed by atoms with Crippen molar-refractivity contribution in [2.24, 2.45) is 0 Å².